The van der Waals surface area contributed by atoms with Crippen molar-refractivity contribution in [1.82, 2.24) is 0 Å². The van der Waals surface area contributed by atoms with Crippen LogP contribution in [0.4, 0.5) is 0 Å². The van der Waals surface area contributed by atoms with Gasteiger partial charge in [-0.05, 0) is 46.6 Å². The van der Waals surface area contributed by atoms with Gasteiger partial charge < -0.3 is 0 Å². The van der Waals surface area contributed by atoms with E-state index in [1.807, 2.05) is 65.0 Å². The van der Waals surface area contributed by atoms with Crippen molar-refractivity contribution in [3.63, 3.8) is 0 Å². The van der Waals surface area contributed by atoms with Gasteiger partial charge in [0, 0.05) is 0 Å². The summed E-state index contributed by atoms with van der Waals surface area (Å²) < 4.78 is 0. The van der Waals surface area contributed by atoms with Gasteiger partial charge in [-0.1, -0.05) is 35.9 Å². The number of benzene rings is 1. The Morgan fingerprint density at radius 3 is 2.11 bits per heavy atom. The summed E-state index contributed by atoms with van der Waals surface area (Å²) in [4.78, 5) is 11.2. The molecule has 0 unspecified atom stereocenters. The maximum absolute atomic E-state index is 5.64. The fraction of sp³-hybridized carbons (Fsp3) is 0.500. The second kappa shape index (κ2) is 5.68. The lowest BCUT2D eigenvalue weighted by molar-refractivity contribution is -0.405. The van der Waals surface area contributed by atoms with Gasteiger partial charge in [0.1, 0.15) is 11.2 Å². The molecular formula is C16H24O2. The Labute approximate surface area is 111 Å². The molecule has 0 atom stereocenters. The van der Waals surface area contributed by atoms with Crippen molar-refractivity contribution in [1.29, 1.82) is 0 Å². The van der Waals surface area contributed by atoms with E-state index >= 15 is 0 Å². The van der Waals surface area contributed by atoms with E-state index in [2.05, 4.69) is 6.58 Å². The number of hydrogen-bond donors (Lipinski definition) is 0. The molecule has 2 heteroatoms. The van der Waals surface area contributed by atoms with Gasteiger partial charge in [0.2, 0.25) is 0 Å². The van der Waals surface area contributed by atoms with Crippen LogP contribution in [-0.4, -0.2) is 5.60 Å². The highest BCUT2D eigenvalue weighted by Gasteiger charge is 2.28. The molecule has 0 fully saturated rings. The zero-order valence-electron chi connectivity index (χ0n) is 12.1. The maximum atomic E-state index is 5.64. The predicted molar refractivity (Wildman–Crippen MR) is 75.1 cm³/mol. The van der Waals surface area contributed by atoms with Crippen molar-refractivity contribution in [2.45, 2.75) is 52.2 Å². The molecule has 1 aromatic rings. The zero-order valence-corrected chi connectivity index (χ0v) is 12.1. The number of rotatable bonds is 6. The summed E-state index contributed by atoms with van der Waals surface area (Å²) in [6, 6.07) is 10.1. The zero-order chi connectivity index (χ0) is 13.8. The molecule has 0 heterocycles. The standard InChI is InChI=1S/C16H24O2/c1-13(2)12-15(3,4)17-18-16(5,6)14-10-8-7-9-11-14/h7-11H,1,12H2,2-6H3. The Morgan fingerprint density at radius 2 is 1.61 bits per heavy atom. The van der Waals surface area contributed by atoms with Gasteiger partial charge in [-0.15, -0.1) is 6.58 Å². The first-order valence-corrected chi connectivity index (χ1v) is 6.30. The molecule has 0 aromatic heterocycles. The summed E-state index contributed by atoms with van der Waals surface area (Å²) in [5, 5.41) is 0. The second-order valence-corrected chi connectivity index (χ2v) is 5.94. The molecule has 0 saturated carbocycles. The lowest BCUT2D eigenvalue weighted by Crippen LogP contribution is -2.31. The third kappa shape index (κ3) is 4.63. The van der Waals surface area contributed by atoms with Crippen LogP contribution in [0, 0.1) is 0 Å². The molecule has 2 nitrogen and oxygen atoms in total. The Hall–Kier alpha value is -1.12. The largest absolute Gasteiger partial charge is 0.229 e. The minimum atomic E-state index is -0.465. The lowest BCUT2D eigenvalue weighted by Gasteiger charge is -2.31. The van der Waals surface area contributed by atoms with E-state index in [0.29, 0.717) is 0 Å². The summed E-state index contributed by atoms with van der Waals surface area (Å²) >= 11 is 0. The third-order valence-electron chi connectivity index (χ3n) is 2.67. The van der Waals surface area contributed by atoms with E-state index in [0.717, 1.165) is 17.6 Å². The fourth-order valence-corrected chi connectivity index (χ4v) is 1.86. The van der Waals surface area contributed by atoms with Crippen LogP contribution in [0.5, 0.6) is 0 Å². The van der Waals surface area contributed by atoms with E-state index in [-0.39, 0.29) is 5.60 Å². The van der Waals surface area contributed by atoms with Gasteiger partial charge in [0.15, 0.2) is 0 Å². The van der Waals surface area contributed by atoms with Crippen molar-refractivity contribution in [3.05, 3.63) is 48.0 Å². The van der Waals surface area contributed by atoms with Crippen molar-refractivity contribution in [2.75, 3.05) is 0 Å². The predicted octanol–water partition coefficient (Wildman–Crippen LogP) is 4.61. The Morgan fingerprint density at radius 1 is 1.06 bits per heavy atom. The van der Waals surface area contributed by atoms with Gasteiger partial charge in [0.05, 0.1) is 0 Å². The Balaban J connectivity index is 2.65. The van der Waals surface area contributed by atoms with Crippen LogP contribution in [0.1, 0.15) is 46.6 Å². The normalized spacial score (nSPS) is 12.5. The minimum Gasteiger partial charge on any atom is -0.229 e. The minimum absolute atomic E-state index is 0.363. The molecule has 0 radical (unpaired) electrons. The summed E-state index contributed by atoms with van der Waals surface area (Å²) in [5.74, 6) is 0. The topological polar surface area (TPSA) is 18.5 Å². The average Bonchev–Trinajstić information content (AvgIpc) is 2.26. The molecule has 0 aliphatic rings. The van der Waals surface area contributed by atoms with Crippen LogP contribution in [0.3, 0.4) is 0 Å². The van der Waals surface area contributed by atoms with Crippen molar-refractivity contribution in [3.8, 4) is 0 Å². The van der Waals surface area contributed by atoms with Crippen LogP contribution in [0.2, 0.25) is 0 Å². The quantitative estimate of drug-likeness (QED) is 0.415. The molecule has 0 aliphatic carbocycles. The molecule has 1 rings (SSSR count). The van der Waals surface area contributed by atoms with Gasteiger partial charge in [-0.25, -0.2) is 9.78 Å². The third-order valence-corrected chi connectivity index (χ3v) is 2.67. The molecule has 1 aromatic carbocycles. The Kier molecular flexibility index (Phi) is 4.71. The van der Waals surface area contributed by atoms with E-state index < -0.39 is 5.60 Å². The number of hydrogen-bond acceptors (Lipinski definition) is 2. The first-order chi connectivity index (χ1) is 8.23. The molecule has 0 amide bonds. The van der Waals surface area contributed by atoms with Crippen molar-refractivity contribution < 1.29 is 9.78 Å². The molecule has 0 saturated heterocycles. The smallest absolute Gasteiger partial charge is 0.123 e. The van der Waals surface area contributed by atoms with Crippen molar-refractivity contribution >= 4 is 0 Å². The second-order valence-electron chi connectivity index (χ2n) is 5.94. The van der Waals surface area contributed by atoms with E-state index in [1.54, 1.807) is 0 Å². The summed E-state index contributed by atoms with van der Waals surface area (Å²) in [5.41, 5.74) is 1.35. The molecule has 0 bridgehead atoms. The molecule has 100 valence electrons. The molecule has 0 spiro atoms. The van der Waals surface area contributed by atoms with Gasteiger partial charge in [0.25, 0.3) is 0 Å². The van der Waals surface area contributed by atoms with Gasteiger partial charge in [-0.3, -0.25) is 0 Å². The van der Waals surface area contributed by atoms with Crippen LogP contribution >= 0.6 is 0 Å². The van der Waals surface area contributed by atoms with Crippen LogP contribution < -0.4 is 0 Å². The van der Waals surface area contributed by atoms with Crippen LogP contribution in [0.15, 0.2) is 42.5 Å². The van der Waals surface area contributed by atoms with Gasteiger partial charge >= 0.3 is 0 Å². The summed E-state index contributed by atoms with van der Waals surface area (Å²) in [6.45, 7) is 13.9. The molecule has 0 N–H and O–H groups in total. The average molecular weight is 248 g/mol. The SMILES string of the molecule is C=C(C)CC(C)(C)OOC(C)(C)c1ccccc1. The maximum Gasteiger partial charge on any atom is 0.123 e. The highest BCUT2D eigenvalue weighted by Crippen LogP contribution is 2.28. The highest BCUT2D eigenvalue weighted by molar-refractivity contribution is 5.20. The van der Waals surface area contributed by atoms with E-state index in [1.165, 1.54) is 0 Å². The molecular weight excluding hydrogens is 224 g/mol. The lowest BCUT2D eigenvalue weighted by atomic mass is 9.98. The monoisotopic (exact) mass is 248 g/mol. The van der Waals surface area contributed by atoms with Crippen LogP contribution in [-0.2, 0) is 15.4 Å². The molecule has 0 aliphatic heterocycles. The first-order valence-electron chi connectivity index (χ1n) is 6.30. The first kappa shape index (κ1) is 14.9. The molecule has 18 heavy (non-hydrogen) atoms. The summed E-state index contributed by atoms with van der Waals surface area (Å²) in [7, 11) is 0. The summed E-state index contributed by atoms with van der Waals surface area (Å²) in [6.07, 6.45) is 0.776. The fourth-order valence-electron chi connectivity index (χ4n) is 1.86. The van der Waals surface area contributed by atoms with Crippen LogP contribution in [0.25, 0.3) is 0 Å². The van der Waals surface area contributed by atoms with Gasteiger partial charge in [-0.2, -0.15) is 0 Å². The van der Waals surface area contributed by atoms with E-state index in [4.69, 9.17) is 9.78 Å². The Bertz CT molecular complexity index is 391. The highest BCUT2D eigenvalue weighted by atomic mass is 17.2. The van der Waals surface area contributed by atoms with E-state index in [9.17, 15) is 0 Å². The van der Waals surface area contributed by atoms with Crippen molar-refractivity contribution in [2.24, 2.45) is 0 Å².